The van der Waals surface area contributed by atoms with E-state index in [9.17, 15) is 0 Å². The van der Waals surface area contributed by atoms with Crippen molar-refractivity contribution in [2.24, 2.45) is 7.05 Å². The van der Waals surface area contributed by atoms with Gasteiger partial charge in [0.15, 0.2) is 0 Å². The van der Waals surface area contributed by atoms with Crippen molar-refractivity contribution in [3.8, 4) is 11.1 Å². The molecule has 1 aliphatic heterocycles. The highest BCUT2D eigenvalue weighted by Crippen LogP contribution is 2.26. The molecule has 0 N–H and O–H groups in total. The zero-order valence-electron chi connectivity index (χ0n) is 17.2. The molecule has 0 radical (unpaired) electrons. The Bertz CT molecular complexity index is 1180. The predicted octanol–water partition coefficient (Wildman–Crippen LogP) is 2.88. The summed E-state index contributed by atoms with van der Waals surface area (Å²) in [5, 5.41) is 8.85. The highest BCUT2D eigenvalue weighted by atomic mass is 15.3. The van der Waals surface area contributed by atoms with E-state index in [4.69, 9.17) is 0 Å². The van der Waals surface area contributed by atoms with Crippen LogP contribution in [0.3, 0.4) is 0 Å². The van der Waals surface area contributed by atoms with Crippen LogP contribution in [0, 0.1) is 0 Å². The second-order valence-electron chi connectivity index (χ2n) is 7.47. The molecule has 1 aliphatic rings. The van der Waals surface area contributed by atoms with Crippen molar-refractivity contribution in [2.75, 3.05) is 36.0 Å². The number of aromatic nitrogens is 6. The molecule has 1 saturated heterocycles. The lowest BCUT2D eigenvalue weighted by atomic mass is 10.1. The maximum absolute atomic E-state index is 4.59. The van der Waals surface area contributed by atoms with E-state index in [-0.39, 0.29) is 0 Å². The summed E-state index contributed by atoms with van der Waals surface area (Å²) in [7, 11) is 1.93. The second-order valence-corrected chi connectivity index (χ2v) is 7.47. The zero-order valence-corrected chi connectivity index (χ0v) is 17.2. The maximum atomic E-state index is 4.59. The van der Waals surface area contributed by atoms with Gasteiger partial charge in [-0.15, -0.1) is 0 Å². The van der Waals surface area contributed by atoms with Crippen molar-refractivity contribution >= 4 is 23.2 Å². The van der Waals surface area contributed by atoms with Crippen molar-refractivity contribution in [2.45, 2.75) is 6.92 Å². The minimum atomic E-state index is 0.795. The quantitative estimate of drug-likeness (QED) is 0.525. The van der Waals surface area contributed by atoms with Crippen molar-refractivity contribution in [3.63, 3.8) is 0 Å². The maximum Gasteiger partial charge on any atom is 0.225 e. The van der Waals surface area contributed by atoms with Crippen LogP contribution < -0.4 is 9.80 Å². The molecule has 0 atom stereocenters. The second kappa shape index (κ2) is 7.62. The van der Waals surface area contributed by atoms with Gasteiger partial charge in [0.25, 0.3) is 0 Å². The molecule has 4 aromatic heterocycles. The largest absolute Gasteiger partial charge is 0.365 e. The van der Waals surface area contributed by atoms with Gasteiger partial charge in [-0.2, -0.15) is 10.2 Å². The van der Waals surface area contributed by atoms with Crippen molar-refractivity contribution in [1.29, 1.82) is 0 Å². The van der Waals surface area contributed by atoms with E-state index < -0.39 is 0 Å². The molecule has 5 heterocycles. The number of allylic oxidation sites excluding steroid dienone is 1. The fraction of sp³-hybridized carbons (Fsp3) is 0.273. The number of anilines is 2. The van der Waals surface area contributed by atoms with Crippen LogP contribution in [-0.2, 0) is 7.05 Å². The third-order valence-electron chi connectivity index (χ3n) is 5.45. The summed E-state index contributed by atoms with van der Waals surface area (Å²) in [5.41, 5.74) is 5.50. The first-order valence-corrected chi connectivity index (χ1v) is 10.1. The summed E-state index contributed by atoms with van der Waals surface area (Å²) in [6.45, 7) is 5.58. The number of rotatable bonds is 4. The molecule has 8 heteroatoms. The van der Waals surface area contributed by atoms with E-state index in [1.807, 2.05) is 66.3 Å². The van der Waals surface area contributed by atoms with Crippen LogP contribution in [0.25, 0.3) is 22.7 Å². The lowest BCUT2D eigenvalue weighted by Gasteiger charge is -2.35. The van der Waals surface area contributed by atoms with Crippen LogP contribution in [0.4, 0.5) is 11.6 Å². The normalized spacial score (nSPS) is 14.9. The monoisotopic (exact) mass is 400 g/mol. The standard InChI is InChI=1S/C22H24N8/c1-3-4-17-11-23-22(24-12-17)29-9-7-28(8-10-29)21-14-26-30-16-18(5-6-20(21)30)19-13-25-27(2)15-19/h3-6,11-16H,7-10H2,1-2H3/b4-3+. The first kappa shape index (κ1) is 18.4. The average Bonchev–Trinajstić information content (AvgIpc) is 3.40. The molecular formula is C22H24N8. The number of aryl methyl sites for hydroxylation is 1. The Morgan fingerprint density at radius 2 is 1.60 bits per heavy atom. The molecular weight excluding hydrogens is 376 g/mol. The highest BCUT2D eigenvalue weighted by Gasteiger charge is 2.21. The molecule has 8 nitrogen and oxygen atoms in total. The third-order valence-corrected chi connectivity index (χ3v) is 5.45. The molecule has 5 rings (SSSR count). The minimum Gasteiger partial charge on any atom is -0.365 e. The Hall–Kier alpha value is -3.68. The van der Waals surface area contributed by atoms with Gasteiger partial charge in [0.2, 0.25) is 5.95 Å². The minimum absolute atomic E-state index is 0.795. The fourth-order valence-corrected chi connectivity index (χ4v) is 3.88. The Morgan fingerprint density at radius 3 is 2.30 bits per heavy atom. The molecule has 0 spiro atoms. The Balaban J connectivity index is 1.31. The summed E-state index contributed by atoms with van der Waals surface area (Å²) < 4.78 is 3.76. The van der Waals surface area contributed by atoms with Gasteiger partial charge in [0.05, 0.1) is 23.6 Å². The first-order chi connectivity index (χ1) is 14.7. The summed E-state index contributed by atoms with van der Waals surface area (Å²) >= 11 is 0. The van der Waals surface area contributed by atoms with E-state index in [0.29, 0.717) is 0 Å². The van der Waals surface area contributed by atoms with E-state index in [1.54, 1.807) is 0 Å². The number of pyridine rings is 1. The third kappa shape index (κ3) is 3.41. The summed E-state index contributed by atoms with van der Waals surface area (Å²) in [6.07, 6.45) is 15.7. The Labute approximate surface area is 175 Å². The number of piperazine rings is 1. The number of hydrogen-bond acceptors (Lipinski definition) is 6. The van der Waals surface area contributed by atoms with Gasteiger partial charge < -0.3 is 9.80 Å². The van der Waals surface area contributed by atoms with Crippen LogP contribution >= 0.6 is 0 Å². The zero-order chi connectivity index (χ0) is 20.5. The predicted molar refractivity (Wildman–Crippen MR) is 119 cm³/mol. The number of hydrogen-bond donors (Lipinski definition) is 0. The van der Waals surface area contributed by atoms with E-state index >= 15 is 0 Å². The van der Waals surface area contributed by atoms with Gasteiger partial charge in [-0.05, 0) is 13.0 Å². The summed E-state index contributed by atoms with van der Waals surface area (Å²) in [6, 6.07) is 4.27. The SMILES string of the molecule is C/C=C/c1cnc(N2CCN(c3cnn4cc(-c5cnn(C)c5)ccc34)CC2)nc1. The number of nitrogens with zero attached hydrogens (tertiary/aromatic N) is 8. The average molecular weight is 400 g/mol. The van der Waals surface area contributed by atoms with Gasteiger partial charge in [-0.3, -0.25) is 4.68 Å². The molecule has 30 heavy (non-hydrogen) atoms. The van der Waals surface area contributed by atoms with Gasteiger partial charge in [0.1, 0.15) is 0 Å². The Morgan fingerprint density at radius 1 is 0.833 bits per heavy atom. The first-order valence-electron chi connectivity index (χ1n) is 10.1. The lowest BCUT2D eigenvalue weighted by molar-refractivity contribution is 0.641. The van der Waals surface area contributed by atoms with Crippen LogP contribution in [0.15, 0.2) is 55.4 Å². The molecule has 0 aromatic carbocycles. The Kier molecular flexibility index (Phi) is 4.66. The summed E-state index contributed by atoms with van der Waals surface area (Å²) in [5.74, 6) is 0.795. The molecule has 4 aromatic rings. The van der Waals surface area contributed by atoms with Crippen LogP contribution in [0.2, 0.25) is 0 Å². The molecule has 0 bridgehead atoms. The van der Waals surface area contributed by atoms with Gasteiger partial charge in [-0.1, -0.05) is 18.2 Å². The van der Waals surface area contributed by atoms with Crippen molar-refractivity contribution in [3.05, 3.63) is 61.0 Å². The summed E-state index contributed by atoms with van der Waals surface area (Å²) in [4.78, 5) is 13.7. The van der Waals surface area contributed by atoms with E-state index in [1.165, 1.54) is 0 Å². The van der Waals surface area contributed by atoms with Crippen molar-refractivity contribution < 1.29 is 0 Å². The van der Waals surface area contributed by atoms with Gasteiger partial charge in [0, 0.05) is 74.7 Å². The molecule has 0 aliphatic carbocycles. The topological polar surface area (TPSA) is 67.4 Å². The van der Waals surface area contributed by atoms with Crippen LogP contribution in [0.1, 0.15) is 12.5 Å². The van der Waals surface area contributed by atoms with Crippen molar-refractivity contribution in [1.82, 2.24) is 29.4 Å². The van der Waals surface area contributed by atoms with Crippen LogP contribution in [-0.4, -0.2) is 55.5 Å². The lowest BCUT2D eigenvalue weighted by Crippen LogP contribution is -2.47. The van der Waals surface area contributed by atoms with Gasteiger partial charge >= 0.3 is 0 Å². The molecule has 1 fully saturated rings. The van der Waals surface area contributed by atoms with E-state index in [0.717, 1.165) is 60.0 Å². The van der Waals surface area contributed by atoms with E-state index in [2.05, 4.69) is 48.3 Å². The molecule has 0 amide bonds. The molecule has 0 saturated carbocycles. The molecule has 0 unspecified atom stereocenters. The number of fused-ring (bicyclic) bond motifs is 1. The molecule has 152 valence electrons. The highest BCUT2D eigenvalue weighted by molar-refractivity contribution is 5.75. The van der Waals surface area contributed by atoms with Crippen LogP contribution in [0.5, 0.6) is 0 Å². The fourth-order valence-electron chi connectivity index (χ4n) is 3.88. The smallest absolute Gasteiger partial charge is 0.225 e. The van der Waals surface area contributed by atoms with Gasteiger partial charge in [-0.25, -0.2) is 14.5 Å².